The Morgan fingerprint density at radius 1 is 1.15 bits per heavy atom. The molecule has 2 heterocycles. The van der Waals surface area contributed by atoms with E-state index in [0.29, 0.717) is 11.5 Å². The average molecular weight is 351 g/mol. The molecule has 0 amide bonds. The second-order valence-electron chi connectivity index (χ2n) is 7.56. The molecule has 4 nitrogen and oxygen atoms in total. The summed E-state index contributed by atoms with van der Waals surface area (Å²) < 4.78 is 5.92. The van der Waals surface area contributed by atoms with Crippen LogP contribution in [0.2, 0.25) is 0 Å². The number of hydrogen-bond donors (Lipinski definition) is 1. The molecule has 26 heavy (non-hydrogen) atoms. The highest BCUT2D eigenvalue weighted by atomic mass is 16.5. The van der Waals surface area contributed by atoms with E-state index in [4.69, 9.17) is 4.74 Å². The first-order valence-electron chi connectivity index (χ1n) is 9.62. The molecule has 1 atom stereocenters. The standard InChI is InChI=1S/C22H25NO3/c24-22(25)20-9-11-23-14-18(20)7-6-17-10-12-26-21-13-16(5-8-19(17)21)4-3-15-1-2-15/h5,8-9,11,13-15,17H,1-4,6-7,10,12H2,(H,24,25)/t17-/m1/s1. The van der Waals surface area contributed by atoms with E-state index in [0.717, 1.165) is 49.5 Å². The van der Waals surface area contributed by atoms with Gasteiger partial charge in [-0.2, -0.15) is 0 Å². The highest BCUT2D eigenvalue weighted by Gasteiger charge is 2.24. The molecule has 4 heteroatoms. The predicted molar refractivity (Wildman–Crippen MR) is 99.9 cm³/mol. The summed E-state index contributed by atoms with van der Waals surface area (Å²) in [6.45, 7) is 0.739. The molecule has 0 radical (unpaired) electrons. The minimum absolute atomic E-state index is 0.364. The van der Waals surface area contributed by atoms with Crippen molar-refractivity contribution in [3.63, 3.8) is 0 Å². The van der Waals surface area contributed by atoms with Crippen LogP contribution in [0.15, 0.2) is 36.7 Å². The predicted octanol–water partition coefficient (Wildman–Crippen LogP) is 4.62. The lowest BCUT2D eigenvalue weighted by Gasteiger charge is -2.26. The van der Waals surface area contributed by atoms with Crippen LogP contribution in [0.1, 0.15) is 65.1 Å². The Hall–Kier alpha value is -2.36. The number of aromatic carboxylic acids is 1. The van der Waals surface area contributed by atoms with Crippen molar-refractivity contribution >= 4 is 5.97 Å². The number of aromatic nitrogens is 1. The van der Waals surface area contributed by atoms with Crippen molar-refractivity contribution in [2.75, 3.05) is 6.61 Å². The Bertz CT molecular complexity index is 798. The smallest absolute Gasteiger partial charge is 0.336 e. The molecule has 136 valence electrons. The van der Waals surface area contributed by atoms with E-state index in [-0.39, 0.29) is 0 Å². The fraction of sp³-hybridized carbons (Fsp3) is 0.455. The minimum Gasteiger partial charge on any atom is -0.493 e. The van der Waals surface area contributed by atoms with Crippen LogP contribution < -0.4 is 4.74 Å². The largest absolute Gasteiger partial charge is 0.493 e. The normalized spacial score (nSPS) is 18.8. The second kappa shape index (κ2) is 7.48. The SMILES string of the molecule is O=C(O)c1ccncc1CC[C@@H]1CCOc2cc(CCC3CC3)ccc21. The number of pyridine rings is 1. The van der Waals surface area contributed by atoms with E-state index in [9.17, 15) is 9.90 Å². The lowest BCUT2D eigenvalue weighted by molar-refractivity contribution is 0.0695. The number of nitrogens with zero attached hydrogens (tertiary/aromatic N) is 1. The molecule has 0 unspecified atom stereocenters. The Kier molecular flexibility index (Phi) is 4.91. The van der Waals surface area contributed by atoms with Gasteiger partial charge in [-0.1, -0.05) is 25.0 Å². The van der Waals surface area contributed by atoms with Crippen LogP contribution in [-0.2, 0) is 12.8 Å². The number of carbonyl (C=O) groups is 1. The monoisotopic (exact) mass is 351 g/mol. The van der Waals surface area contributed by atoms with Gasteiger partial charge >= 0.3 is 5.97 Å². The molecule has 1 N–H and O–H groups in total. The maximum absolute atomic E-state index is 11.4. The number of ether oxygens (including phenoxy) is 1. The van der Waals surface area contributed by atoms with Gasteiger partial charge in [-0.25, -0.2) is 4.79 Å². The molecule has 0 bridgehead atoms. The molecule has 1 saturated carbocycles. The fourth-order valence-electron chi connectivity index (χ4n) is 3.91. The Balaban J connectivity index is 1.45. The number of fused-ring (bicyclic) bond motifs is 1. The highest BCUT2D eigenvalue weighted by molar-refractivity contribution is 5.89. The Morgan fingerprint density at radius 2 is 2.04 bits per heavy atom. The summed E-state index contributed by atoms with van der Waals surface area (Å²) in [6.07, 6.45) is 11.1. The summed E-state index contributed by atoms with van der Waals surface area (Å²) in [5, 5.41) is 9.34. The lowest BCUT2D eigenvalue weighted by Crippen LogP contribution is -2.15. The van der Waals surface area contributed by atoms with Crippen molar-refractivity contribution < 1.29 is 14.6 Å². The molecule has 2 aliphatic rings. The zero-order valence-electron chi connectivity index (χ0n) is 15.0. The summed E-state index contributed by atoms with van der Waals surface area (Å²) in [5.74, 6) is 1.51. The van der Waals surface area contributed by atoms with Crippen molar-refractivity contribution in [3.05, 3.63) is 58.9 Å². The first kappa shape index (κ1) is 17.1. The van der Waals surface area contributed by atoms with E-state index >= 15 is 0 Å². The molecule has 0 spiro atoms. The molecule has 2 aromatic rings. The van der Waals surface area contributed by atoms with Gasteiger partial charge in [-0.15, -0.1) is 0 Å². The van der Waals surface area contributed by atoms with Crippen LogP contribution in [0.3, 0.4) is 0 Å². The van der Waals surface area contributed by atoms with E-state index in [2.05, 4.69) is 23.2 Å². The van der Waals surface area contributed by atoms with Gasteiger partial charge in [0.25, 0.3) is 0 Å². The van der Waals surface area contributed by atoms with E-state index in [1.54, 1.807) is 18.5 Å². The zero-order valence-corrected chi connectivity index (χ0v) is 15.0. The number of carboxylic acids is 1. The van der Waals surface area contributed by atoms with Gasteiger partial charge < -0.3 is 9.84 Å². The van der Waals surface area contributed by atoms with Crippen molar-refractivity contribution in [2.24, 2.45) is 5.92 Å². The molecule has 1 aliphatic carbocycles. The van der Waals surface area contributed by atoms with Crippen molar-refractivity contribution in [1.29, 1.82) is 0 Å². The van der Waals surface area contributed by atoms with Gasteiger partial charge in [0.05, 0.1) is 12.2 Å². The van der Waals surface area contributed by atoms with Crippen LogP contribution in [0, 0.1) is 5.92 Å². The lowest BCUT2D eigenvalue weighted by atomic mass is 9.86. The van der Waals surface area contributed by atoms with Gasteiger partial charge in [-0.05, 0) is 72.8 Å². The number of hydrogen-bond acceptors (Lipinski definition) is 3. The van der Waals surface area contributed by atoms with Crippen LogP contribution in [0.5, 0.6) is 5.75 Å². The summed E-state index contributed by atoms with van der Waals surface area (Å²) in [5.41, 5.74) is 3.82. The quantitative estimate of drug-likeness (QED) is 0.790. The molecule has 0 saturated heterocycles. The third kappa shape index (κ3) is 3.90. The molecular weight excluding hydrogens is 326 g/mol. The van der Waals surface area contributed by atoms with Crippen LogP contribution in [0.4, 0.5) is 0 Å². The average Bonchev–Trinajstić information content (AvgIpc) is 3.49. The third-order valence-electron chi connectivity index (χ3n) is 5.68. The molecule has 1 aromatic carbocycles. The molecule has 1 fully saturated rings. The second-order valence-corrected chi connectivity index (χ2v) is 7.56. The summed E-state index contributed by atoms with van der Waals surface area (Å²) in [4.78, 5) is 15.5. The number of aryl methyl sites for hydroxylation is 2. The third-order valence-corrected chi connectivity index (χ3v) is 5.68. The Morgan fingerprint density at radius 3 is 2.85 bits per heavy atom. The fourth-order valence-corrected chi connectivity index (χ4v) is 3.91. The van der Waals surface area contributed by atoms with Crippen molar-refractivity contribution in [1.82, 2.24) is 4.98 Å². The van der Waals surface area contributed by atoms with Crippen LogP contribution in [-0.4, -0.2) is 22.7 Å². The summed E-state index contributed by atoms with van der Waals surface area (Å²) in [6, 6.07) is 8.27. The van der Waals surface area contributed by atoms with E-state index in [1.807, 2.05) is 0 Å². The first-order valence-corrected chi connectivity index (χ1v) is 9.62. The highest BCUT2D eigenvalue weighted by Crippen LogP contribution is 2.38. The van der Waals surface area contributed by atoms with Gasteiger partial charge in [0.1, 0.15) is 5.75 Å². The maximum Gasteiger partial charge on any atom is 0.336 e. The van der Waals surface area contributed by atoms with Crippen molar-refractivity contribution in [3.8, 4) is 5.75 Å². The summed E-state index contributed by atoms with van der Waals surface area (Å²) >= 11 is 0. The van der Waals surface area contributed by atoms with E-state index < -0.39 is 5.97 Å². The molecule has 1 aromatic heterocycles. The topological polar surface area (TPSA) is 59.4 Å². The first-order chi connectivity index (χ1) is 12.7. The zero-order chi connectivity index (χ0) is 17.9. The van der Waals surface area contributed by atoms with Gasteiger partial charge in [-0.3, -0.25) is 4.98 Å². The van der Waals surface area contributed by atoms with Crippen molar-refractivity contribution in [2.45, 2.75) is 50.9 Å². The number of benzene rings is 1. The summed E-state index contributed by atoms with van der Waals surface area (Å²) in [7, 11) is 0. The number of carboxylic acid groups (broad SMARTS) is 1. The van der Waals surface area contributed by atoms with E-state index in [1.165, 1.54) is 30.4 Å². The molecule has 4 rings (SSSR count). The van der Waals surface area contributed by atoms with Gasteiger partial charge in [0, 0.05) is 12.4 Å². The Labute approximate surface area is 154 Å². The molecule has 1 aliphatic heterocycles. The minimum atomic E-state index is -0.880. The maximum atomic E-state index is 11.4. The number of rotatable bonds is 7. The van der Waals surface area contributed by atoms with Gasteiger partial charge in [0.15, 0.2) is 0 Å². The van der Waals surface area contributed by atoms with Crippen LogP contribution in [0.25, 0.3) is 0 Å². The van der Waals surface area contributed by atoms with Gasteiger partial charge in [0.2, 0.25) is 0 Å². The van der Waals surface area contributed by atoms with Crippen LogP contribution >= 0.6 is 0 Å². The molecular formula is C22H25NO3.